The number of halogens is 1. The molecule has 2 aromatic rings. The molecule has 0 radical (unpaired) electrons. The SMILES string of the molecule is Cc1ncsc1CN(C)CCC(N)c1ccc(Br)cc1. The van der Waals surface area contributed by atoms with E-state index < -0.39 is 0 Å². The molecule has 0 aliphatic rings. The van der Waals surface area contributed by atoms with E-state index in [1.54, 1.807) is 11.3 Å². The molecule has 0 amide bonds. The third-order valence-corrected chi connectivity index (χ3v) is 4.83. The van der Waals surface area contributed by atoms with Gasteiger partial charge in [0.05, 0.1) is 11.2 Å². The van der Waals surface area contributed by atoms with Crippen molar-refractivity contribution in [3.8, 4) is 0 Å². The van der Waals surface area contributed by atoms with Crippen LogP contribution in [0.3, 0.4) is 0 Å². The van der Waals surface area contributed by atoms with Crippen molar-refractivity contribution in [2.24, 2.45) is 5.73 Å². The molecule has 0 saturated carbocycles. The highest BCUT2D eigenvalue weighted by atomic mass is 79.9. The Hall–Kier alpha value is -0.750. The summed E-state index contributed by atoms with van der Waals surface area (Å²) in [4.78, 5) is 7.93. The third kappa shape index (κ3) is 4.38. The van der Waals surface area contributed by atoms with Crippen molar-refractivity contribution in [1.29, 1.82) is 0 Å². The maximum atomic E-state index is 6.24. The summed E-state index contributed by atoms with van der Waals surface area (Å²) in [6.45, 7) is 3.99. The molecule has 1 aromatic heterocycles. The lowest BCUT2D eigenvalue weighted by atomic mass is 10.0. The quantitative estimate of drug-likeness (QED) is 0.859. The molecule has 0 bridgehead atoms. The second-order valence-electron chi connectivity index (χ2n) is 5.05. The summed E-state index contributed by atoms with van der Waals surface area (Å²) < 4.78 is 1.09. The zero-order valence-corrected chi connectivity index (χ0v) is 14.2. The van der Waals surface area contributed by atoms with Crippen LogP contribution in [0.5, 0.6) is 0 Å². The standard InChI is InChI=1S/C15H20BrN3S/c1-11-15(20-10-18-11)9-19(2)8-7-14(17)12-3-5-13(16)6-4-12/h3-6,10,14H,7-9,17H2,1-2H3. The highest BCUT2D eigenvalue weighted by Gasteiger charge is 2.09. The van der Waals surface area contributed by atoms with Crippen LogP contribution in [0, 0.1) is 6.92 Å². The van der Waals surface area contributed by atoms with Gasteiger partial charge in [0.15, 0.2) is 0 Å². The van der Waals surface area contributed by atoms with Crippen molar-refractivity contribution in [2.45, 2.75) is 25.9 Å². The largest absolute Gasteiger partial charge is 0.324 e. The predicted molar refractivity (Wildman–Crippen MR) is 88.9 cm³/mol. The lowest BCUT2D eigenvalue weighted by Crippen LogP contribution is -2.23. The van der Waals surface area contributed by atoms with Crippen molar-refractivity contribution in [3.63, 3.8) is 0 Å². The van der Waals surface area contributed by atoms with Gasteiger partial charge in [-0.1, -0.05) is 28.1 Å². The van der Waals surface area contributed by atoms with E-state index in [4.69, 9.17) is 5.73 Å². The number of hydrogen-bond acceptors (Lipinski definition) is 4. The van der Waals surface area contributed by atoms with Crippen LogP contribution >= 0.6 is 27.3 Å². The molecule has 1 heterocycles. The molecule has 0 spiro atoms. The number of aryl methyl sites for hydroxylation is 1. The average molecular weight is 354 g/mol. The first-order valence-corrected chi connectivity index (χ1v) is 8.32. The molecule has 2 N–H and O–H groups in total. The molecule has 1 unspecified atom stereocenters. The van der Waals surface area contributed by atoms with Gasteiger partial charge < -0.3 is 10.6 Å². The minimum Gasteiger partial charge on any atom is -0.324 e. The predicted octanol–water partition coefficient (Wildman–Crippen LogP) is 3.74. The van der Waals surface area contributed by atoms with Gasteiger partial charge in [0.2, 0.25) is 0 Å². The summed E-state index contributed by atoms with van der Waals surface area (Å²) >= 11 is 5.16. The Bertz CT molecular complexity index is 538. The fraction of sp³-hybridized carbons (Fsp3) is 0.400. The summed E-state index contributed by atoms with van der Waals surface area (Å²) in [5.74, 6) is 0. The lowest BCUT2D eigenvalue weighted by Gasteiger charge is -2.19. The minimum absolute atomic E-state index is 0.0908. The fourth-order valence-electron chi connectivity index (χ4n) is 2.04. The second kappa shape index (κ2) is 7.31. The monoisotopic (exact) mass is 353 g/mol. The fourth-order valence-corrected chi connectivity index (χ4v) is 3.16. The van der Waals surface area contributed by atoms with Crippen molar-refractivity contribution >= 4 is 27.3 Å². The van der Waals surface area contributed by atoms with Gasteiger partial charge in [0.1, 0.15) is 0 Å². The topological polar surface area (TPSA) is 42.2 Å². The Morgan fingerprint density at radius 1 is 1.35 bits per heavy atom. The van der Waals surface area contributed by atoms with Crippen LogP contribution in [0.1, 0.15) is 28.6 Å². The maximum Gasteiger partial charge on any atom is 0.0798 e. The summed E-state index contributed by atoms with van der Waals surface area (Å²) in [5.41, 5.74) is 10.5. The molecule has 0 aliphatic carbocycles. The Kier molecular flexibility index (Phi) is 5.72. The highest BCUT2D eigenvalue weighted by molar-refractivity contribution is 9.10. The number of rotatable bonds is 6. The molecule has 2 rings (SSSR count). The molecule has 1 aromatic carbocycles. The van der Waals surface area contributed by atoms with E-state index >= 15 is 0 Å². The van der Waals surface area contributed by atoms with Crippen molar-refractivity contribution < 1.29 is 0 Å². The molecule has 0 saturated heterocycles. The van der Waals surface area contributed by atoms with E-state index in [1.807, 2.05) is 17.6 Å². The van der Waals surface area contributed by atoms with Crippen LogP contribution in [0.25, 0.3) is 0 Å². The summed E-state index contributed by atoms with van der Waals surface area (Å²) in [7, 11) is 2.13. The lowest BCUT2D eigenvalue weighted by molar-refractivity contribution is 0.313. The molecule has 0 fully saturated rings. The molecular weight excluding hydrogens is 334 g/mol. The maximum absolute atomic E-state index is 6.24. The van der Waals surface area contributed by atoms with Crippen molar-refractivity contribution in [3.05, 3.63) is 50.4 Å². The first-order valence-electron chi connectivity index (χ1n) is 6.65. The Balaban J connectivity index is 1.82. The number of thiazole rings is 1. The van der Waals surface area contributed by atoms with E-state index in [9.17, 15) is 0 Å². The molecule has 3 nitrogen and oxygen atoms in total. The van der Waals surface area contributed by atoms with Gasteiger partial charge in [-0.05, 0) is 38.1 Å². The second-order valence-corrected chi connectivity index (χ2v) is 6.90. The van der Waals surface area contributed by atoms with Gasteiger partial charge in [-0.2, -0.15) is 0 Å². The number of hydrogen-bond donors (Lipinski definition) is 1. The minimum atomic E-state index is 0.0908. The van der Waals surface area contributed by atoms with E-state index in [-0.39, 0.29) is 6.04 Å². The van der Waals surface area contributed by atoms with Crippen LogP contribution in [0.15, 0.2) is 34.2 Å². The van der Waals surface area contributed by atoms with Gasteiger partial charge >= 0.3 is 0 Å². The van der Waals surface area contributed by atoms with Gasteiger partial charge in [-0.3, -0.25) is 0 Å². The first-order chi connectivity index (χ1) is 9.56. The average Bonchev–Trinajstić information content (AvgIpc) is 2.82. The Labute approximate surface area is 133 Å². The molecule has 108 valence electrons. The van der Waals surface area contributed by atoms with E-state index in [0.717, 1.165) is 29.7 Å². The van der Waals surface area contributed by atoms with E-state index in [2.05, 4.69) is 51.9 Å². The zero-order valence-electron chi connectivity index (χ0n) is 11.8. The Morgan fingerprint density at radius 3 is 2.65 bits per heavy atom. The van der Waals surface area contributed by atoms with Crippen LogP contribution < -0.4 is 5.73 Å². The molecular formula is C15H20BrN3S. The smallest absolute Gasteiger partial charge is 0.0798 e. The molecule has 1 atom stereocenters. The van der Waals surface area contributed by atoms with Gasteiger partial charge in [-0.25, -0.2) is 4.98 Å². The number of aromatic nitrogens is 1. The van der Waals surface area contributed by atoms with Crippen molar-refractivity contribution in [2.75, 3.05) is 13.6 Å². The third-order valence-electron chi connectivity index (χ3n) is 3.38. The van der Waals surface area contributed by atoms with Crippen LogP contribution in [0.2, 0.25) is 0 Å². The van der Waals surface area contributed by atoms with E-state index in [1.165, 1.54) is 10.4 Å². The zero-order chi connectivity index (χ0) is 14.5. The first kappa shape index (κ1) is 15.6. The van der Waals surface area contributed by atoms with Crippen LogP contribution in [0.4, 0.5) is 0 Å². The summed E-state index contributed by atoms with van der Waals surface area (Å²) in [5, 5.41) is 0. The number of nitrogens with zero attached hydrogens (tertiary/aromatic N) is 2. The Morgan fingerprint density at radius 2 is 2.05 bits per heavy atom. The van der Waals surface area contributed by atoms with Crippen molar-refractivity contribution in [1.82, 2.24) is 9.88 Å². The van der Waals surface area contributed by atoms with Gasteiger partial charge in [-0.15, -0.1) is 11.3 Å². The van der Waals surface area contributed by atoms with Crippen LogP contribution in [-0.4, -0.2) is 23.5 Å². The van der Waals surface area contributed by atoms with Crippen LogP contribution in [-0.2, 0) is 6.54 Å². The van der Waals surface area contributed by atoms with Gasteiger partial charge in [0.25, 0.3) is 0 Å². The van der Waals surface area contributed by atoms with Gasteiger partial charge in [0, 0.05) is 28.5 Å². The number of nitrogens with two attached hydrogens (primary N) is 1. The molecule has 20 heavy (non-hydrogen) atoms. The summed E-state index contributed by atoms with van der Waals surface area (Å²) in [6.07, 6.45) is 0.954. The molecule has 0 aliphatic heterocycles. The number of benzene rings is 1. The highest BCUT2D eigenvalue weighted by Crippen LogP contribution is 2.19. The summed E-state index contributed by atoms with van der Waals surface area (Å²) in [6, 6.07) is 8.34. The van der Waals surface area contributed by atoms with E-state index in [0.29, 0.717) is 0 Å². The molecule has 5 heteroatoms. The normalized spacial score (nSPS) is 12.8.